The lowest BCUT2D eigenvalue weighted by atomic mass is 10.0. The van der Waals surface area contributed by atoms with E-state index in [1.54, 1.807) is 0 Å². The van der Waals surface area contributed by atoms with Crippen LogP contribution in [0.5, 0.6) is 5.88 Å². The van der Waals surface area contributed by atoms with Crippen molar-refractivity contribution in [1.82, 2.24) is 30.4 Å². The molecule has 0 saturated carbocycles. The number of nitrogens with two attached hydrogens (primary N) is 1. The number of oxime groups is 1. The van der Waals surface area contributed by atoms with E-state index in [4.69, 9.17) is 10.6 Å². The first-order valence-corrected chi connectivity index (χ1v) is 11.0. The van der Waals surface area contributed by atoms with E-state index in [1.165, 1.54) is 24.1 Å². The maximum absolute atomic E-state index is 12.7. The average Bonchev–Trinajstić information content (AvgIpc) is 3.39. The van der Waals surface area contributed by atoms with E-state index in [-0.39, 0.29) is 39.8 Å². The van der Waals surface area contributed by atoms with Crippen molar-refractivity contribution < 1.29 is 29.1 Å². The topological polar surface area (TPSA) is 218 Å². The predicted octanol–water partition coefficient (Wildman–Crippen LogP) is -0.938. The zero-order chi connectivity index (χ0) is 23.7. The molecule has 0 aliphatic carbocycles. The predicted molar refractivity (Wildman–Crippen MR) is 116 cm³/mol. The Labute approximate surface area is 192 Å². The monoisotopic (exact) mass is 493 g/mol. The quantitative estimate of drug-likeness (QED) is 0.180. The van der Waals surface area contributed by atoms with Crippen LogP contribution in [-0.4, -0.2) is 77.2 Å². The van der Waals surface area contributed by atoms with Crippen LogP contribution in [0.4, 0.5) is 11.1 Å². The van der Waals surface area contributed by atoms with Gasteiger partial charge in [0.2, 0.25) is 11.9 Å². The third-order valence-electron chi connectivity index (χ3n) is 4.34. The highest BCUT2D eigenvalue weighted by Crippen LogP contribution is 2.42. The van der Waals surface area contributed by atoms with E-state index in [2.05, 4.69) is 36.0 Å². The largest absolute Gasteiger partial charge is 0.477 e. The van der Waals surface area contributed by atoms with Gasteiger partial charge < -0.3 is 21.0 Å². The van der Waals surface area contributed by atoms with Crippen molar-refractivity contribution in [3.8, 4) is 5.88 Å². The number of carboxylic acids is 1. The first kappa shape index (κ1) is 22.2. The van der Waals surface area contributed by atoms with Gasteiger partial charge in [-0.2, -0.15) is 9.97 Å². The number of H-pyrrole nitrogens is 1. The van der Waals surface area contributed by atoms with Gasteiger partial charge in [0.1, 0.15) is 23.3 Å². The fraction of sp³-hybridized carbons (Fsp3) is 0.250. The second kappa shape index (κ2) is 8.87. The Balaban J connectivity index is 1.45. The van der Waals surface area contributed by atoms with Gasteiger partial charge in [-0.3, -0.25) is 29.7 Å². The summed E-state index contributed by atoms with van der Waals surface area (Å²) < 4.78 is 0. The highest BCUT2D eigenvalue weighted by atomic mass is 32.2. The van der Waals surface area contributed by atoms with E-state index >= 15 is 0 Å². The molecule has 0 radical (unpaired) electrons. The molecular weight excluding hydrogens is 478 g/mol. The number of nitrogens with one attached hydrogen (secondary N) is 3. The van der Waals surface area contributed by atoms with Crippen molar-refractivity contribution >= 4 is 69.7 Å². The van der Waals surface area contributed by atoms with Gasteiger partial charge in [0, 0.05) is 18.2 Å². The summed E-state index contributed by atoms with van der Waals surface area (Å²) >= 11 is 2.37. The van der Waals surface area contributed by atoms with Gasteiger partial charge in [-0.25, -0.2) is 4.79 Å². The Hall–Kier alpha value is -3.99. The summed E-state index contributed by atoms with van der Waals surface area (Å²) in [6, 6.07) is -0.954. The second-order valence-corrected chi connectivity index (χ2v) is 8.56. The first-order chi connectivity index (χ1) is 15.7. The Morgan fingerprint density at radius 1 is 1.42 bits per heavy atom. The van der Waals surface area contributed by atoms with E-state index < -0.39 is 35.1 Å². The molecule has 1 saturated heterocycles. The SMILES string of the molecule is CC(=O)Nc1n[nH]c(C2=C(C(=O)O)N3C(=O)C(NC(=O)/C=N/Oc4csc(N)n4)C3SC2)n1. The number of nitrogen functional groups attached to an aromatic ring is 1. The molecule has 3 amide bonds. The fourth-order valence-electron chi connectivity index (χ4n) is 3.04. The minimum Gasteiger partial charge on any atom is -0.477 e. The van der Waals surface area contributed by atoms with Gasteiger partial charge in [-0.05, 0) is 0 Å². The van der Waals surface area contributed by atoms with Crippen molar-refractivity contribution in [2.24, 2.45) is 5.16 Å². The molecule has 0 aromatic carbocycles. The first-order valence-electron chi connectivity index (χ1n) is 9.08. The molecule has 6 N–H and O–H groups in total. The minimum absolute atomic E-state index is 0.0243. The summed E-state index contributed by atoms with van der Waals surface area (Å²) in [4.78, 5) is 61.7. The highest BCUT2D eigenvalue weighted by molar-refractivity contribution is 8.00. The number of aromatic nitrogens is 4. The van der Waals surface area contributed by atoms with E-state index in [0.717, 1.165) is 22.5 Å². The van der Waals surface area contributed by atoms with Crippen LogP contribution in [0, 0.1) is 0 Å². The highest BCUT2D eigenvalue weighted by Gasteiger charge is 2.54. The van der Waals surface area contributed by atoms with Gasteiger partial charge in [0.05, 0.1) is 5.38 Å². The molecule has 4 rings (SSSR count). The molecule has 0 bridgehead atoms. The molecule has 2 aliphatic rings. The maximum atomic E-state index is 12.7. The molecular formula is C16H15N9O6S2. The number of amides is 3. The third-order valence-corrected chi connectivity index (χ3v) is 6.28. The molecule has 4 heterocycles. The van der Waals surface area contributed by atoms with Gasteiger partial charge >= 0.3 is 5.97 Å². The van der Waals surface area contributed by atoms with Crippen molar-refractivity contribution in [2.75, 3.05) is 16.8 Å². The van der Waals surface area contributed by atoms with Crippen LogP contribution >= 0.6 is 23.1 Å². The lowest BCUT2D eigenvalue weighted by molar-refractivity contribution is -0.149. The number of thioether (sulfide) groups is 1. The Morgan fingerprint density at radius 3 is 2.88 bits per heavy atom. The summed E-state index contributed by atoms with van der Waals surface area (Å²) in [5.41, 5.74) is 5.40. The average molecular weight is 493 g/mol. The summed E-state index contributed by atoms with van der Waals surface area (Å²) in [5, 5.41) is 25.6. The van der Waals surface area contributed by atoms with Crippen LogP contribution in [0.3, 0.4) is 0 Å². The molecule has 1 fully saturated rings. The molecule has 17 heteroatoms. The molecule has 2 unspecified atom stereocenters. The lowest BCUT2D eigenvalue weighted by Crippen LogP contribution is -2.70. The van der Waals surface area contributed by atoms with Crippen LogP contribution in [0.25, 0.3) is 5.57 Å². The molecule has 0 spiro atoms. The standard InChI is InChI=1S/C16H15N9O6S2/c1-5(26)19-16-22-11(23-24-16)6-3-32-13-9(12(28)25(13)10(6)14(29)30)20-7(27)2-18-31-8-4-33-15(17)21-8/h2,4,9,13H,3H2,1H3,(H2,17,21)(H,20,27)(H,29,30)(H2,19,22,23,24,26)/b18-2+. The van der Waals surface area contributed by atoms with Gasteiger partial charge in [0.25, 0.3) is 17.7 Å². The zero-order valence-corrected chi connectivity index (χ0v) is 18.3. The lowest BCUT2D eigenvalue weighted by Gasteiger charge is -2.49. The number of carbonyl (C=O) groups is 4. The second-order valence-electron chi connectivity index (χ2n) is 6.57. The summed E-state index contributed by atoms with van der Waals surface area (Å²) in [5.74, 6) is -2.70. The number of thiazole rings is 1. The summed E-state index contributed by atoms with van der Waals surface area (Å²) in [6.45, 7) is 1.28. The number of carboxylic acid groups (broad SMARTS) is 1. The molecule has 2 aromatic rings. The Bertz CT molecular complexity index is 1200. The van der Waals surface area contributed by atoms with Crippen molar-refractivity contribution in [1.29, 1.82) is 0 Å². The number of carbonyl (C=O) groups excluding carboxylic acids is 3. The fourth-order valence-corrected chi connectivity index (χ4v) is 4.85. The Morgan fingerprint density at radius 2 is 2.21 bits per heavy atom. The summed E-state index contributed by atoms with van der Waals surface area (Å²) in [7, 11) is 0. The Kier molecular flexibility index (Phi) is 5.97. The molecule has 33 heavy (non-hydrogen) atoms. The number of aromatic amines is 1. The number of anilines is 2. The third kappa shape index (κ3) is 4.48. The normalized spacial score (nSPS) is 19.8. The number of nitrogens with zero attached hydrogens (tertiary/aromatic N) is 5. The van der Waals surface area contributed by atoms with Crippen LogP contribution in [0.2, 0.25) is 0 Å². The van der Waals surface area contributed by atoms with Crippen molar-refractivity contribution in [2.45, 2.75) is 18.3 Å². The number of β-lactam (4-membered cyclic amide) rings is 1. The maximum Gasteiger partial charge on any atom is 0.353 e. The number of rotatable bonds is 7. The van der Waals surface area contributed by atoms with Crippen LogP contribution in [-0.2, 0) is 19.2 Å². The number of hydrogen-bond donors (Lipinski definition) is 5. The van der Waals surface area contributed by atoms with Crippen LogP contribution in [0.1, 0.15) is 12.7 Å². The smallest absolute Gasteiger partial charge is 0.353 e. The minimum atomic E-state index is -1.34. The molecule has 15 nitrogen and oxygen atoms in total. The van der Waals surface area contributed by atoms with E-state index in [0.29, 0.717) is 0 Å². The molecule has 172 valence electrons. The van der Waals surface area contributed by atoms with Gasteiger partial charge in [-0.15, -0.1) is 28.2 Å². The molecule has 2 aromatic heterocycles. The van der Waals surface area contributed by atoms with Gasteiger partial charge in [0.15, 0.2) is 11.0 Å². The number of fused-ring (bicyclic) bond motifs is 1. The van der Waals surface area contributed by atoms with Crippen LogP contribution in [0.15, 0.2) is 16.2 Å². The molecule has 2 aliphatic heterocycles. The number of hydrogen-bond acceptors (Lipinski definition) is 12. The van der Waals surface area contributed by atoms with Crippen molar-refractivity contribution in [3.63, 3.8) is 0 Å². The van der Waals surface area contributed by atoms with Crippen molar-refractivity contribution in [3.05, 3.63) is 16.9 Å². The summed E-state index contributed by atoms with van der Waals surface area (Å²) in [6.07, 6.45) is 0.830. The van der Waals surface area contributed by atoms with Crippen LogP contribution < -0.4 is 21.2 Å². The van der Waals surface area contributed by atoms with E-state index in [1.807, 2.05) is 0 Å². The van der Waals surface area contributed by atoms with E-state index in [9.17, 15) is 24.3 Å². The van der Waals surface area contributed by atoms with Gasteiger partial charge in [-0.1, -0.05) is 5.16 Å². The molecule has 2 atom stereocenters. The number of aliphatic carboxylic acids is 1. The zero-order valence-electron chi connectivity index (χ0n) is 16.6.